The molecule has 2 rings (SSSR count). The van der Waals surface area contributed by atoms with E-state index in [1.54, 1.807) is 11.0 Å². The average molecular weight is 352 g/mol. The van der Waals surface area contributed by atoms with Gasteiger partial charge in [-0.1, -0.05) is 45.9 Å². The van der Waals surface area contributed by atoms with Gasteiger partial charge >= 0.3 is 0 Å². The Morgan fingerprint density at radius 2 is 2.20 bits per heavy atom. The van der Waals surface area contributed by atoms with Gasteiger partial charge < -0.3 is 0 Å². The van der Waals surface area contributed by atoms with Gasteiger partial charge in [0.15, 0.2) is 5.17 Å². The molecule has 0 aromatic heterocycles. The molecular weight excluding hydrogens is 338 g/mol. The normalized spacial score (nSPS) is 17.9. The Labute approximate surface area is 130 Å². The second kappa shape index (κ2) is 6.85. The van der Waals surface area contributed by atoms with Gasteiger partial charge in [-0.15, -0.1) is 11.7 Å². The fourth-order valence-corrected chi connectivity index (χ4v) is 2.75. The first kappa shape index (κ1) is 15.0. The summed E-state index contributed by atoms with van der Waals surface area (Å²) in [4.78, 5) is 13.2. The maximum Gasteiger partial charge on any atom is 0.239 e. The quantitative estimate of drug-likeness (QED) is 0.474. The van der Waals surface area contributed by atoms with Crippen molar-refractivity contribution in [1.82, 2.24) is 4.90 Å². The highest BCUT2D eigenvalue weighted by Crippen LogP contribution is 2.19. The van der Waals surface area contributed by atoms with Crippen molar-refractivity contribution in [1.29, 1.82) is 0 Å². The van der Waals surface area contributed by atoms with Crippen molar-refractivity contribution in [3.05, 3.63) is 47.0 Å². The van der Waals surface area contributed by atoms with Crippen LogP contribution in [0.3, 0.4) is 0 Å². The minimum atomic E-state index is 0.0464. The van der Waals surface area contributed by atoms with Crippen LogP contribution in [-0.2, 0) is 4.79 Å². The molecule has 1 aromatic carbocycles. The standard InChI is InChI=1S/C14H14BrN3OS/c1-3-8-18-13(19)9-20-14(18)17-16-10(2)11-4-6-12(15)7-5-11/h3-7H,1,8-9H2,2H3/b16-10+,17-14+. The van der Waals surface area contributed by atoms with Crippen LogP contribution in [0.15, 0.2) is 51.6 Å². The molecule has 0 spiro atoms. The summed E-state index contributed by atoms with van der Waals surface area (Å²) in [5.74, 6) is 0.463. The molecule has 1 aliphatic heterocycles. The van der Waals surface area contributed by atoms with Crippen LogP contribution in [0.1, 0.15) is 12.5 Å². The zero-order valence-corrected chi connectivity index (χ0v) is 13.4. The number of carbonyl (C=O) groups excluding carboxylic acids is 1. The number of amides is 1. The first-order valence-electron chi connectivity index (χ1n) is 6.04. The van der Waals surface area contributed by atoms with Gasteiger partial charge in [0, 0.05) is 11.0 Å². The summed E-state index contributed by atoms with van der Waals surface area (Å²) in [6.45, 7) is 6.01. The van der Waals surface area contributed by atoms with Gasteiger partial charge in [0.2, 0.25) is 5.91 Å². The molecule has 6 heteroatoms. The second-order valence-electron chi connectivity index (χ2n) is 4.16. The lowest BCUT2D eigenvalue weighted by molar-refractivity contribution is -0.123. The summed E-state index contributed by atoms with van der Waals surface area (Å²) >= 11 is 4.80. The maximum absolute atomic E-state index is 11.6. The lowest BCUT2D eigenvalue weighted by Gasteiger charge is -2.11. The number of nitrogens with zero attached hydrogens (tertiary/aromatic N) is 3. The van der Waals surface area contributed by atoms with E-state index in [0.29, 0.717) is 17.5 Å². The van der Waals surface area contributed by atoms with Crippen molar-refractivity contribution >= 4 is 44.5 Å². The van der Waals surface area contributed by atoms with Gasteiger partial charge in [-0.2, -0.15) is 5.10 Å². The Bertz CT molecular complexity index is 581. The molecule has 0 atom stereocenters. The van der Waals surface area contributed by atoms with E-state index in [-0.39, 0.29) is 5.91 Å². The third kappa shape index (κ3) is 3.58. The van der Waals surface area contributed by atoms with Crippen molar-refractivity contribution in [2.24, 2.45) is 10.2 Å². The monoisotopic (exact) mass is 351 g/mol. The van der Waals surface area contributed by atoms with Gasteiger partial charge in [0.1, 0.15) is 0 Å². The number of hydrogen-bond acceptors (Lipinski definition) is 4. The van der Waals surface area contributed by atoms with Crippen molar-refractivity contribution in [2.75, 3.05) is 12.3 Å². The Morgan fingerprint density at radius 3 is 2.85 bits per heavy atom. The highest BCUT2D eigenvalue weighted by Gasteiger charge is 2.27. The van der Waals surface area contributed by atoms with Crippen molar-refractivity contribution in [3.8, 4) is 0 Å². The van der Waals surface area contributed by atoms with E-state index < -0.39 is 0 Å². The van der Waals surface area contributed by atoms with Crippen molar-refractivity contribution in [3.63, 3.8) is 0 Å². The van der Waals surface area contributed by atoms with Gasteiger partial charge in [-0.3, -0.25) is 9.69 Å². The third-order valence-corrected chi connectivity index (χ3v) is 4.20. The van der Waals surface area contributed by atoms with Crippen LogP contribution in [0.5, 0.6) is 0 Å². The molecule has 0 bridgehead atoms. The predicted octanol–water partition coefficient (Wildman–Crippen LogP) is 3.29. The summed E-state index contributed by atoms with van der Waals surface area (Å²) < 4.78 is 1.02. The SMILES string of the molecule is C=CCN1C(=O)CS/C1=N/N=C(\C)c1ccc(Br)cc1. The topological polar surface area (TPSA) is 45.0 Å². The van der Waals surface area contributed by atoms with Crippen LogP contribution in [0.2, 0.25) is 0 Å². The van der Waals surface area contributed by atoms with Gasteiger partial charge in [0.25, 0.3) is 0 Å². The summed E-state index contributed by atoms with van der Waals surface area (Å²) in [6.07, 6.45) is 1.69. The average Bonchev–Trinajstić information content (AvgIpc) is 2.79. The number of benzene rings is 1. The van der Waals surface area contributed by atoms with E-state index in [0.717, 1.165) is 15.7 Å². The van der Waals surface area contributed by atoms with Crippen LogP contribution in [0, 0.1) is 0 Å². The molecule has 4 nitrogen and oxygen atoms in total. The molecule has 0 aliphatic carbocycles. The van der Waals surface area contributed by atoms with Crippen molar-refractivity contribution in [2.45, 2.75) is 6.92 Å². The second-order valence-corrected chi connectivity index (χ2v) is 6.01. The molecule has 104 valence electrons. The molecule has 0 unspecified atom stereocenters. The molecule has 1 aromatic rings. The molecule has 1 aliphatic rings. The molecule has 1 heterocycles. The number of rotatable bonds is 4. The number of halogens is 1. The zero-order chi connectivity index (χ0) is 14.5. The first-order valence-corrected chi connectivity index (χ1v) is 7.82. The third-order valence-electron chi connectivity index (χ3n) is 2.72. The molecule has 1 saturated heterocycles. The molecule has 1 amide bonds. The van der Waals surface area contributed by atoms with E-state index in [4.69, 9.17) is 0 Å². The number of amidine groups is 1. The molecular formula is C14H14BrN3OS. The van der Waals surface area contributed by atoms with Crippen LogP contribution in [0.4, 0.5) is 0 Å². The van der Waals surface area contributed by atoms with Crippen LogP contribution < -0.4 is 0 Å². The summed E-state index contributed by atoms with van der Waals surface area (Å²) in [5, 5.41) is 9.03. The molecule has 0 N–H and O–H groups in total. The molecule has 0 saturated carbocycles. The van der Waals surface area contributed by atoms with Gasteiger partial charge in [-0.05, 0) is 24.6 Å². The molecule has 1 fully saturated rings. The maximum atomic E-state index is 11.6. The molecule has 0 radical (unpaired) electrons. The van der Waals surface area contributed by atoms with E-state index in [9.17, 15) is 4.79 Å². The predicted molar refractivity (Wildman–Crippen MR) is 88.2 cm³/mol. The van der Waals surface area contributed by atoms with E-state index in [2.05, 4.69) is 32.7 Å². The van der Waals surface area contributed by atoms with Crippen molar-refractivity contribution < 1.29 is 4.79 Å². The molecule has 20 heavy (non-hydrogen) atoms. The number of thioether (sulfide) groups is 1. The zero-order valence-electron chi connectivity index (χ0n) is 11.0. The summed E-state index contributed by atoms with van der Waals surface area (Å²) in [5.41, 5.74) is 1.81. The van der Waals surface area contributed by atoms with Gasteiger partial charge in [-0.25, -0.2) is 0 Å². The minimum Gasteiger partial charge on any atom is -0.285 e. The lowest BCUT2D eigenvalue weighted by atomic mass is 10.1. The Hall–Kier alpha value is -1.40. The van der Waals surface area contributed by atoms with Gasteiger partial charge in [0.05, 0.1) is 11.5 Å². The first-order chi connectivity index (χ1) is 9.61. The van der Waals surface area contributed by atoms with E-state index >= 15 is 0 Å². The summed E-state index contributed by atoms with van der Waals surface area (Å²) in [6, 6.07) is 7.85. The fraction of sp³-hybridized carbons (Fsp3) is 0.214. The summed E-state index contributed by atoms with van der Waals surface area (Å²) in [7, 11) is 0. The largest absolute Gasteiger partial charge is 0.285 e. The van der Waals surface area contributed by atoms with Crippen LogP contribution >= 0.6 is 27.7 Å². The smallest absolute Gasteiger partial charge is 0.239 e. The Kier molecular flexibility index (Phi) is 5.14. The lowest BCUT2D eigenvalue weighted by Crippen LogP contribution is -2.29. The van der Waals surface area contributed by atoms with Crippen LogP contribution in [-0.4, -0.2) is 34.0 Å². The highest BCUT2D eigenvalue weighted by molar-refractivity contribution is 9.10. The fourth-order valence-electron chi connectivity index (χ4n) is 1.65. The van der Waals surface area contributed by atoms with E-state index in [1.165, 1.54) is 11.8 Å². The highest BCUT2D eigenvalue weighted by atomic mass is 79.9. The van der Waals surface area contributed by atoms with Crippen LogP contribution in [0.25, 0.3) is 0 Å². The Balaban J connectivity index is 2.17. The van der Waals surface area contributed by atoms with E-state index in [1.807, 2.05) is 31.2 Å². The number of carbonyl (C=O) groups is 1. The minimum absolute atomic E-state index is 0.0464. The Morgan fingerprint density at radius 1 is 1.50 bits per heavy atom. The number of hydrogen-bond donors (Lipinski definition) is 0.